The Morgan fingerprint density at radius 1 is 1.29 bits per heavy atom. The van der Waals surface area contributed by atoms with E-state index in [1.807, 2.05) is 36.5 Å². The number of carbonyl (C=O) groups excluding carboxylic acids is 1. The fraction of sp³-hybridized carbons (Fsp3) is 0.333. The molecule has 1 aromatic carbocycles. The normalized spacial score (nSPS) is 16.5. The number of aromatic nitrogens is 1. The average Bonchev–Trinajstić information content (AvgIpc) is 2.63. The molecule has 1 fully saturated rings. The van der Waals surface area contributed by atoms with Gasteiger partial charge in [0.15, 0.2) is 0 Å². The summed E-state index contributed by atoms with van der Waals surface area (Å²) >= 11 is 3.40. The fourth-order valence-corrected chi connectivity index (χ4v) is 3.24. The molecule has 126 valence electrons. The first kappa shape index (κ1) is 17.1. The summed E-state index contributed by atoms with van der Waals surface area (Å²) in [5, 5.41) is 3.05. The number of halogens is 1. The summed E-state index contributed by atoms with van der Waals surface area (Å²) in [4.78, 5) is 19.0. The van der Waals surface area contributed by atoms with Gasteiger partial charge in [0.1, 0.15) is 0 Å². The molecule has 3 rings (SSSR count). The SMILES string of the molecule is O=C(NCC(c1cccnc1)N1CCOCC1)c1cccc(Br)c1. The molecule has 0 bridgehead atoms. The Bertz CT molecular complexity index is 675. The van der Waals surface area contributed by atoms with E-state index in [0.29, 0.717) is 12.1 Å². The topological polar surface area (TPSA) is 54.5 Å². The van der Waals surface area contributed by atoms with Gasteiger partial charge >= 0.3 is 0 Å². The molecular weight excluding hydrogens is 370 g/mol. The van der Waals surface area contributed by atoms with E-state index in [2.05, 4.69) is 37.2 Å². The first-order valence-corrected chi connectivity index (χ1v) is 8.79. The molecule has 1 atom stereocenters. The standard InChI is InChI=1S/C18H20BrN3O2/c19-16-5-1-3-14(11-16)18(23)21-13-17(15-4-2-6-20-12-15)22-7-9-24-10-8-22/h1-6,11-12,17H,7-10,13H2,(H,21,23). The van der Waals surface area contributed by atoms with Crippen molar-refractivity contribution in [2.45, 2.75) is 6.04 Å². The van der Waals surface area contributed by atoms with Gasteiger partial charge in [-0.15, -0.1) is 0 Å². The highest BCUT2D eigenvalue weighted by Crippen LogP contribution is 2.20. The van der Waals surface area contributed by atoms with Crippen LogP contribution in [-0.2, 0) is 4.74 Å². The van der Waals surface area contributed by atoms with E-state index in [0.717, 1.165) is 36.3 Å². The minimum absolute atomic E-state index is 0.0709. The van der Waals surface area contributed by atoms with Crippen LogP contribution in [0.4, 0.5) is 0 Å². The van der Waals surface area contributed by atoms with Crippen LogP contribution in [0.25, 0.3) is 0 Å². The van der Waals surface area contributed by atoms with Gasteiger partial charge in [0, 0.05) is 42.1 Å². The Morgan fingerprint density at radius 3 is 2.83 bits per heavy atom. The lowest BCUT2D eigenvalue weighted by Crippen LogP contribution is -2.43. The van der Waals surface area contributed by atoms with Gasteiger partial charge in [-0.05, 0) is 29.8 Å². The molecule has 1 aromatic heterocycles. The molecule has 0 radical (unpaired) electrons. The predicted molar refractivity (Wildman–Crippen MR) is 95.8 cm³/mol. The predicted octanol–water partition coefficient (Wildman–Crippen LogP) is 2.65. The minimum Gasteiger partial charge on any atom is -0.379 e. The van der Waals surface area contributed by atoms with Crippen molar-refractivity contribution in [3.8, 4) is 0 Å². The second-order valence-corrected chi connectivity index (χ2v) is 6.59. The second kappa shape index (κ2) is 8.37. The smallest absolute Gasteiger partial charge is 0.251 e. The third kappa shape index (κ3) is 4.41. The van der Waals surface area contributed by atoms with Crippen molar-refractivity contribution in [1.29, 1.82) is 0 Å². The minimum atomic E-state index is -0.0709. The number of nitrogens with one attached hydrogen (secondary N) is 1. The van der Waals surface area contributed by atoms with Gasteiger partial charge in [0.25, 0.3) is 5.91 Å². The maximum absolute atomic E-state index is 12.4. The summed E-state index contributed by atoms with van der Waals surface area (Å²) in [6, 6.07) is 11.5. The summed E-state index contributed by atoms with van der Waals surface area (Å²) in [6.07, 6.45) is 3.63. The van der Waals surface area contributed by atoms with Crippen molar-refractivity contribution >= 4 is 21.8 Å². The van der Waals surface area contributed by atoms with Crippen molar-refractivity contribution in [3.63, 3.8) is 0 Å². The van der Waals surface area contributed by atoms with Crippen LogP contribution in [0.15, 0.2) is 53.3 Å². The first-order chi connectivity index (χ1) is 11.7. The van der Waals surface area contributed by atoms with E-state index in [1.54, 1.807) is 6.20 Å². The summed E-state index contributed by atoms with van der Waals surface area (Å²) in [6.45, 7) is 3.68. The Kier molecular flexibility index (Phi) is 5.96. The lowest BCUT2D eigenvalue weighted by molar-refractivity contribution is 0.0161. The summed E-state index contributed by atoms with van der Waals surface area (Å²) in [7, 11) is 0. The maximum atomic E-state index is 12.4. The molecule has 1 saturated heterocycles. The molecule has 2 aromatic rings. The number of carbonyl (C=O) groups is 1. The van der Waals surface area contributed by atoms with Crippen molar-refractivity contribution in [2.24, 2.45) is 0 Å². The zero-order valence-electron chi connectivity index (χ0n) is 13.3. The Morgan fingerprint density at radius 2 is 2.12 bits per heavy atom. The zero-order valence-corrected chi connectivity index (χ0v) is 14.9. The van der Waals surface area contributed by atoms with Gasteiger partial charge < -0.3 is 10.1 Å². The van der Waals surface area contributed by atoms with Gasteiger partial charge in [0.2, 0.25) is 0 Å². The van der Waals surface area contributed by atoms with E-state index in [4.69, 9.17) is 4.74 Å². The van der Waals surface area contributed by atoms with Gasteiger partial charge in [-0.1, -0.05) is 28.1 Å². The fourth-order valence-electron chi connectivity index (χ4n) is 2.84. The highest BCUT2D eigenvalue weighted by Gasteiger charge is 2.23. The Balaban J connectivity index is 1.71. The third-order valence-electron chi connectivity index (χ3n) is 4.10. The van der Waals surface area contributed by atoms with E-state index in [1.165, 1.54) is 0 Å². The molecule has 0 aliphatic carbocycles. The molecule has 2 heterocycles. The molecule has 1 amide bonds. The first-order valence-electron chi connectivity index (χ1n) is 7.99. The number of hydrogen-bond acceptors (Lipinski definition) is 4. The van der Waals surface area contributed by atoms with Crippen molar-refractivity contribution in [2.75, 3.05) is 32.8 Å². The van der Waals surface area contributed by atoms with Crippen LogP contribution < -0.4 is 5.32 Å². The largest absolute Gasteiger partial charge is 0.379 e. The maximum Gasteiger partial charge on any atom is 0.251 e. The molecule has 24 heavy (non-hydrogen) atoms. The van der Waals surface area contributed by atoms with Gasteiger partial charge in [-0.2, -0.15) is 0 Å². The van der Waals surface area contributed by atoms with Crippen molar-refractivity contribution in [1.82, 2.24) is 15.2 Å². The third-order valence-corrected chi connectivity index (χ3v) is 4.59. The van der Waals surface area contributed by atoms with Crippen LogP contribution in [0.2, 0.25) is 0 Å². The monoisotopic (exact) mass is 389 g/mol. The highest BCUT2D eigenvalue weighted by molar-refractivity contribution is 9.10. The van der Waals surface area contributed by atoms with Crippen LogP contribution in [0.5, 0.6) is 0 Å². The quantitative estimate of drug-likeness (QED) is 0.853. The summed E-state index contributed by atoms with van der Waals surface area (Å²) in [5.74, 6) is -0.0709. The lowest BCUT2D eigenvalue weighted by Gasteiger charge is -2.34. The van der Waals surface area contributed by atoms with E-state index in [-0.39, 0.29) is 11.9 Å². The number of morpholine rings is 1. The number of nitrogens with zero attached hydrogens (tertiary/aromatic N) is 2. The van der Waals surface area contributed by atoms with Crippen molar-refractivity contribution < 1.29 is 9.53 Å². The average molecular weight is 390 g/mol. The van der Waals surface area contributed by atoms with Gasteiger partial charge in [-0.3, -0.25) is 14.7 Å². The summed E-state index contributed by atoms with van der Waals surface area (Å²) in [5.41, 5.74) is 1.75. The molecule has 5 nitrogen and oxygen atoms in total. The van der Waals surface area contributed by atoms with Crippen LogP contribution in [-0.4, -0.2) is 48.6 Å². The number of pyridine rings is 1. The van der Waals surface area contributed by atoms with E-state index >= 15 is 0 Å². The number of benzene rings is 1. The summed E-state index contributed by atoms with van der Waals surface area (Å²) < 4.78 is 6.34. The Hall–Kier alpha value is -1.76. The zero-order chi connectivity index (χ0) is 16.8. The number of amides is 1. The van der Waals surface area contributed by atoms with Crippen LogP contribution in [0.1, 0.15) is 22.0 Å². The number of rotatable bonds is 5. The van der Waals surface area contributed by atoms with E-state index < -0.39 is 0 Å². The van der Waals surface area contributed by atoms with Crippen LogP contribution in [0.3, 0.4) is 0 Å². The lowest BCUT2D eigenvalue weighted by atomic mass is 10.1. The number of hydrogen-bond donors (Lipinski definition) is 1. The van der Waals surface area contributed by atoms with Gasteiger partial charge in [0.05, 0.1) is 19.3 Å². The molecule has 6 heteroatoms. The Labute approximate surface area is 150 Å². The van der Waals surface area contributed by atoms with Crippen molar-refractivity contribution in [3.05, 3.63) is 64.4 Å². The molecule has 1 unspecified atom stereocenters. The molecular formula is C18H20BrN3O2. The highest BCUT2D eigenvalue weighted by atomic mass is 79.9. The van der Waals surface area contributed by atoms with Crippen LogP contribution in [0, 0.1) is 0 Å². The molecule has 1 N–H and O–H groups in total. The van der Waals surface area contributed by atoms with Gasteiger partial charge in [-0.25, -0.2) is 0 Å². The molecule has 0 saturated carbocycles. The number of ether oxygens (including phenoxy) is 1. The second-order valence-electron chi connectivity index (χ2n) is 5.67. The molecule has 1 aliphatic heterocycles. The molecule has 0 spiro atoms. The van der Waals surface area contributed by atoms with Crippen LogP contribution >= 0.6 is 15.9 Å². The molecule has 1 aliphatic rings. The van der Waals surface area contributed by atoms with E-state index in [9.17, 15) is 4.79 Å².